The van der Waals surface area contributed by atoms with Crippen LogP contribution in [0.25, 0.3) is 11.4 Å². The van der Waals surface area contributed by atoms with Gasteiger partial charge in [-0.2, -0.15) is 4.98 Å². The molecule has 0 aliphatic heterocycles. The number of rotatable bonds is 5. The van der Waals surface area contributed by atoms with E-state index in [0.717, 1.165) is 10.6 Å². The van der Waals surface area contributed by atoms with Crippen molar-refractivity contribution in [3.8, 4) is 11.4 Å². The van der Waals surface area contributed by atoms with E-state index >= 15 is 0 Å². The van der Waals surface area contributed by atoms with Gasteiger partial charge in [-0.05, 0) is 12.1 Å². The highest BCUT2D eigenvalue weighted by molar-refractivity contribution is 7.09. The van der Waals surface area contributed by atoms with Crippen LogP contribution in [0, 0.1) is 6.92 Å². The Kier molecular flexibility index (Phi) is 4.85. The monoisotopic (exact) mass is 343 g/mol. The van der Waals surface area contributed by atoms with Gasteiger partial charge in [-0.1, -0.05) is 24.2 Å². The highest BCUT2D eigenvalue weighted by Gasteiger charge is 2.11. The number of thiazole rings is 1. The number of amides is 2. The molecule has 2 N–H and O–H groups in total. The van der Waals surface area contributed by atoms with Crippen LogP contribution in [0.2, 0.25) is 0 Å². The molecule has 0 aliphatic rings. The van der Waals surface area contributed by atoms with Crippen molar-refractivity contribution in [2.45, 2.75) is 19.8 Å². The molecular formula is C16H17N5O2S. The number of nitrogens with zero attached hydrogens (tertiary/aromatic N) is 3. The molecule has 1 aromatic carbocycles. The Morgan fingerprint density at radius 1 is 1.42 bits per heavy atom. The molecule has 2 heterocycles. The molecule has 3 aromatic rings. The van der Waals surface area contributed by atoms with Crippen molar-refractivity contribution in [2.75, 3.05) is 11.9 Å². The van der Waals surface area contributed by atoms with E-state index in [1.807, 2.05) is 24.4 Å². The number of anilines is 1. The zero-order valence-corrected chi connectivity index (χ0v) is 14.1. The Labute approximate surface area is 143 Å². The first-order valence-electron chi connectivity index (χ1n) is 7.47. The van der Waals surface area contributed by atoms with Gasteiger partial charge in [0.2, 0.25) is 11.7 Å². The van der Waals surface area contributed by atoms with E-state index in [2.05, 4.69) is 25.8 Å². The second kappa shape index (κ2) is 7.22. The molecule has 1 unspecified atom stereocenters. The summed E-state index contributed by atoms with van der Waals surface area (Å²) in [6, 6.07) is 7.03. The molecule has 0 saturated heterocycles. The topological polar surface area (TPSA) is 92.9 Å². The molecule has 0 fully saturated rings. The van der Waals surface area contributed by atoms with E-state index in [9.17, 15) is 4.79 Å². The first-order chi connectivity index (χ1) is 11.6. The zero-order chi connectivity index (χ0) is 16.9. The Morgan fingerprint density at radius 3 is 3.00 bits per heavy atom. The van der Waals surface area contributed by atoms with Crippen LogP contribution in [0.5, 0.6) is 0 Å². The van der Waals surface area contributed by atoms with E-state index < -0.39 is 0 Å². The number of nitrogens with one attached hydrogen (secondary N) is 2. The van der Waals surface area contributed by atoms with Crippen LogP contribution in [-0.2, 0) is 0 Å². The van der Waals surface area contributed by atoms with E-state index in [1.165, 1.54) is 0 Å². The minimum absolute atomic E-state index is 0.171. The number of urea groups is 1. The lowest BCUT2D eigenvalue weighted by Gasteiger charge is -2.11. The standard InChI is InChI=1S/C16H17N5O2S/c1-10(15-17-6-7-24-15)9-18-16(22)20-13-5-3-4-12(8-13)14-19-11(2)23-21-14/h3-8,10H,9H2,1-2H3,(H2,18,20,22). The quantitative estimate of drug-likeness (QED) is 0.740. The molecule has 124 valence electrons. The molecule has 7 nitrogen and oxygen atoms in total. The van der Waals surface area contributed by atoms with Gasteiger partial charge in [0, 0.05) is 42.2 Å². The smallest absolute Gasteiger partial charge is 0.319 e. The maximum atomic E-state index is 12.0. The third kappa shape index (κ3) is 3.96. The molecule has 2 amide bonds. The highest BCUT2D eigenvalue weighted by Crippen LogP contribution is 2.20. The van der Waals surface area contributed by atoms with Gasteiger partial charge in [0.05, 0.1) is 5.01 Å². The minimum Gasteiger partial charge on any atom is -0.339 e. The maximum Gasteiger partial charge on any atom is 0.319 e. The van der Waals surface area contributed by atoms with Crippen LogP contribution < -0.4 is 10.6 Å². The molecular weight excluding hydrogens is 326 g/mol. The number of aromatic nitrogens is 3. The summed E-state index contributed by atoms with van der Waals surface area (Å²) in [6.45, 7) is 4.27. The second-order valence-corrected chi connectivity index (χ2v) is 6.25. The van der Waals surface area contributed by atoms with Crippen LogP contribution in [0.3, 0.4) is 0 Å². The first kappa shape index (κ1) is 16.1. The SMILES string of the molecule is Cc1nc(-c2cccc(NC(=O)NCC(C)c3nccs3)c2)no1. The van der Waals surface area contributed by atoms with Gasteiger partial charge >= 0.3 is 6.03 Å². The lowest BCUT2D eigenvalue weighted by Crippen LogP contribution is -2.31. The van der Waals surface area contributed by atoms with E-state index in [1.54, 1.807) is 36.6 Å². The molecule has 24 heavy (non-hydrogen) atoms. The zero-order valence-electron chi connectivity index (χ0n) is 13.3. The van der Waals surface area contributed by atoms with Crippen LogP contribution >= 0.6 is 11.3 Å². The molecule has 0 radical (unpaired) electrons. The fourth-order valence-corrected chi connectivity index (χ4v) is 2.84. The van der Waals surface area contributed by atoms with Crippen molar-refractivity contribution in [2.24, 2.45) is 0 Å². The fraction of sp³-hybridized carbons (Fsp3) is 0.250. The van der Waals surface area contributed by atoms with Gasteiger partial charge in [-0.3, -0.25) is 0 Å². The Hall–Kier alpha value is -2.74. The number of hydrogen-bond donors (Lipinski definition) is 2. The van der Waals surface area contributed by atoms with E-state index in [0.29, 0.717) is 23.9 Å². The average molecular weight is 343 g/mol. The van der Waals surface area contributed by atoms with E-state index in [-0.39, 0.29) is 11.9 Å². The van der Waals surface area contributed by atoms with Crippen molar-refractivity contribution in [3.63, 3.8) is 0 Å². The van der Waals surface area contributed by atoms with Crippen LogP contribution in [0.15, 0.2) is 40.4 Å². The molecule has 0 bridgehead atoms. The Bertz CT molecular complexity index is 816. The number of carbonyl (C=O) groups excluding carboxylic acids is 1. The third-order valence-electron chi connectivity index (χ3n) is 3.35. The van der Waals surface area contributed by atoms with Crippen molar-refractivity contribution < 1.29 is 9.32 Å². The van der Waals surface area contributed by atoms with Gasteiger partial charge in [0.25, 0.3) is 0 Å². The summed E-state index contributed by atoms with van der Waals surface area (Å²) in [5.41, 5.74) is 1.44. The van der Waals surface area contributed by atoms with Gasteiger partial charge in [0.1, 0.15) is 0 Å². The summed E-state index contributed by atoms with van der Waals surface area (Å²) >= 11 is 1.58. The summed E-state index contributed by atoms with van der Waals surface area (Å²) in [4.78, 5) is 20.5. The van der Waals surface area contributed by atoms with Gasteiger partial charge < -0.3 is 15.2 Å². The predicted octanol–water partition coefficient (Wildman–Crippen LogP) is 3.43. The van der Waals surface area contributed by atoms with Crippen LogP contribution in [0.1, 0.15) is 23.7 Å². The number of benzene rings is 1. The minimum atomic E-state index is -0.264. The Morgan fingerprint density at radius 2 is 2.29 bits per heavy atom. The number of hydrogen-bond acceptors (Lipinski definition) is 6. The van der Waals surface area contributed by atoms with Gasteiger partial charge in [-0.25, -0.2) is 9.78 Å². The van der Waals surface area contributed by atoms with Crippen molar-refractivity contribution in [1.82, 2.24) is 20.4 Å². The summed E-state index contributed by atoms with van der Waals surface area (Å²) in [5, 5.41) is 12.5. The second-order valence-electron chi connectivity index (χ2n) is 5.32. The third-order valence-corrected chi connectivity index (χ3v) is 4.36. The van der Waals surface area contributed by atoms with Crippen LogP contribution in [-0.4, -0.2) is 27.7 Å². The molecule has 0 spiro atoms. The molecule has 8 heteroatoms. The molecule has 0 aliphatic carbocycles. The number of carbonyl (C=O) groups is 1. The van der Waals surface area contributed by atoms with Crippen molar-refractivity contribution in [1.29, 1.82) is 0 Å². The maximum absolute atomic E-state index is 12.0. The summed E-state index contributed by atoms with van der Waals surface area (Å²) < 4.78 is 4.97. The van der Waals surface area contributed by atoms with E-state index in [4.69, 9.17) is 4.52 Å². The predicted molar refractivity (Wildman–Crippen MR) is 92.0 cm³/mol. The summed E-state index contributed by atoms with van der Waals surface area (Å²) in [5.74, 6) is 1.16. The largest absolute Gasteiger partial charge is 0.339 e. The summed E-state index contributed by atoms with van der Waals surface area (Å²) in [7, 11) is 0. The summed E-state index contributed by atoms with van der Waals surface area (Å²) in [6.07, 6.45) is 1.77. The average Bonchev–Trinajstić information content (AvgIpc) is 3.24. The number of aryl methyl sites for hydroxylation is 1. The fourth-order valence-electron chi connectivity index (χ4n) is 2.14. The normalized spacial score (nSPS) is 11.9. The molecule has 1 atom stereocenters. The molecule has 2 aromatic heterocycles. The first-order valence-corrected chi connectivity index (χ1v) is 8.35. The highest BCUT2D eigenvalue weighted by atomic mass is 32.1. The molecule has 0 saturated carbocycles. The molecule has 3 rings (SSSR count). The van der Waals surface area contributed by atoms with Gasteiger partial charge in [0.15, 0.2) is 0 Å². The Balaban J connectivity index is 1.58. The van der Waals surface area contributed by atoms with Gasteiger partial charge in [-0.15, -0.1) is 11.3 Å². The lowest BCUT2D eigenvalue weighted by atomic mass is 10.2. The lowest BCUT2D eigenvalue weighted by molar-refractivity contribution is 0.251. The van der Waals surface area contributed by atoms with Crippen molar-refractivity contribution in [3.05, 3.63) is 46.7 Å². The van der Waals surface area contributed by atoms with Crippen LogP contribution in [0.4, 0.5) is 10.5 Å². The van der Waals surface area contributed by atoms with Crippen molar-refractivity contribution >= 4 is 23.1 Å².